The quantitative estimate of drug-likeness (QED) is 0.0234. The van der Waals surface area contributed by atoms with Gasteiger partial charge in [0, 0.05) is 92.7 Å². The van der Waals surface area contributed by atoms with Crippen molar-refractivity contribution in [1.82, 2.24) is 34.3 Å². The zero-order valence-corrected chi connectivity index (χ0v) is 51.2. The van der Waals surface area contributed by atoms with Crippen molar-refractivity contribution in [3.8, 4) is 11.5 Å². The van der Waals surface area contributed by atoms with Crippen LogP contribution in [0.3, 0.4) is 0 Å². The van der Waals surface area contributed by atoms with Crippen molar-refractivity contribution in [3.05, 3.63) is 109 Å². The van der Waals surface area contributed by atoms with Crippen LogP contribution in [-0.4, -0.2) is 159 Å². The maximum absolute atomic E-state index is 14.8. The smallest absolute Gasteiger partial charge is 0.472 e. The Morgan fingerprint density at radius 1 is 0.942 bits per heavy atom. The number of nitrogen functional groups attached to an aromatic ring is 1. The third-order valence-electron chi connectivity index (χ3n) is 16.1. The van der Waals surface area contributed by atoms with Crippen molar-refractivity contribution in [3.63, 3.8) is 0 Å². The van der Waals surface area contributed by atoms with Gasteiger partial charge < -0.3 is 50.2 Å². The Balaban J connectivity index is 0.830. The number of aliphatic hydroxyl groups excluding tert-OH is 1. The average molecular weight is 1250 g/mol. The fourth-order valence-corrected chi connectivity index (χ4v) is 14.7. The number of phosphoric ester groups is 1. The predicted octanol–water partition coefficient (Wildman–Crippen LogP) is 3.59. The van der Waals surface area contributed by atoms with E-state index >= 15 is 0 Å². The lowest BCUT2D eigenvalue weighted by molar-refractivity contribution is -0.121. The highest BCUT2D eigenvalue weighted by atomic mass is 32.2. The van der Waals surface area contributed by atoms with Crippen LogP contribution in [0.1, 0.15) is 119 Å². The molecule has 86 heavy (non-hydrogen) atoms. The van der Waals surface area contributed by atoms with E-state index in [1.54, 1.807) is 49.5 Å². The number of benzene rings is 3. The summed E-state index contributed by atoms with van der Waals surface area (Å²) in [6.07, 6.45) is 2.04. The van der Waals surface area contributed by atoms with Crippen LogP contribution in [0.15, 0.2) is 65.5 Å². The molecule has 0 bridgehead atoms. The molecule has 5 aliphatic rings. The Kier molecular flexibility index (Phi) is 17.1. The van der Waals surface area contributed by atoms with Gasteiger partial charge in [-0.2, -0.15) is 13.4 Å². The van der Waals surface area contributed by atoms with Gasteiger partial charge in [-0.3, -0.25) is 37.5 Å². The van der Waals surface area contributed by atoms with Crippen molar-refractivity contribution in [2.24, 2.45) is 0 Å². The number of nitrogens with two attached hydrogens (primary N) is 1. The fraction of sp³-hybridized carbons (Fsp3) is 0.474. The van der Waals surface area contributed by atoms with Gasteiger partial charge in [-0.05, 0) is 87.9 Å². The first-order chi connectivity index (χ1) is 40.5. The summed E-state index contributed by atoms with van der Waals surface area (Å²) in [6, 6.07) is 14.3. The molecular formula is C57H71N10O16PS2. The lowest BCUT2D eigenvalue weighted by atomic mass is 9.83. The van der Waals surface area contributed by atoms with E-state index < -0.39 is 80.7 Å². The number of phosphoric acid groups is 1. The third-order valence-corrected chi connectivity index (χ3v) is 18.5. The topological polar surface area (TPSA) is 363 Å². The second-order valence-corrected chi connectivity index (χ2v) is 27.4. The molecule has 10 rings (SSSR count). The molecule has 462 valence electrons. The molecule has 5 atom stereocenters. The lowest BCUT2D eigenvalue weighted by Crippen LogP contribution is -2.50. The highest BCUT2D eigenvalue weighted by Crippen LogP contribution is 2.53. The number of unbranched alkanes of at least 4 members (excludes halogenated alkanes) is 3. The Labute approximate surface area is 496 Å². The number of hydrogen-bond donors (Lipinski definition) is 7. The second-order valence-electron chi connectivity index (χ2n) is 23.2. The summed E-state index contributed by atoms with van der Waals surface area (Å²) in [7, 11) is -12.1. The van der Waals surface area contributed by atoms with Crippen LogP contribution in [-0.2, 0) is 43.4 Å². The molecule has 7 heterocycles. The number of imidazole rings is 1. The van der Waals surface area contributed by atoms with E-state index in [-0.39, 0.29) is 54.4 Å². The first-order valence-electron chi connectivity index (χ1n) is 28.4. The maximum atomic E-state index is 14.8. The Morgan fingerprint density at radius 3 is 2.37 bits per heavy atom. The van der Waals surface area contributed by atoms with Crippen molar-refractivity contribution in [2.45, 2.75) is 116 Å². The molecule has 5 aromatic rings. The molecule has 0 radical (unpaired) electrons. The molecule has 2 saturated heterocycles. The summed E-state index contributed by atoms with van der Waals surface area (Å²) in [5.41, 5.74) is 7.84. The lowest BCUT2D eigenvalue weighted by Gasteiger charge is -2.44. The standard InChI is InChI=1S/C57H71N10O16PS2/c1-8-65-40-25-42-38(23-36(40)32(27-56(65,3)4)30-85(74,75)76)46(39-24-37-33(31-86(77,78)79)28-57(5,6)66(9-2)41(37)26-43(39)81-42)34-17-12-13-18-35(34)52(71)64(7)22-16-19-45(68)59-20-14-10-11-15-21-60-55-61-47-50(62-54(58)63-51(47)70)67(55)53-48(69)49-44(82-53)29-80-84(72,73)83-49/h12-13,17-18,23-28,44,48-49,53,69H,8-11,14-16,19-22,29-31H2,1-7H3,(H7,58,59,63,68,70,71,72,73,74,75,76,77,78,79)/t44-,48-,49-,53-/m1/s1. The summed E-state index contributed by atoms with van der Waals surface area (Å²) >= 11 is 0. The zero-order chi connectivity index (χ0) is 62.0. The maximum Gasteiger partial charge on any atom is 0.472 e. The predicted molar refractivity (Wildman–Crippen MR) is 319 cm³/mol. The van der Waals surface area contributed by atoms with Crippen LogP contribution in [0.5, 0.6) is 11.5 Å². The highest BCUT2D eigenvalue weighted by molar-refractivity contribution is 7.86. The fourth-order valence-electron chi connectivity index (χ4n) is 12.5. The number of aliphatic hydroxyl groups is 1. The molecule has 26 nitrogen and oxygen atoms in total. The van der Waals surface area contributed by atoms with Crippen molar-refractivity contribution < 1.29 is 68.6 Å². The molecular weight excluding hydrogens is 1180 g/mol. The molecule has 1 unspecified atom stereocenters. The molecule has 0 aliphatic carbocycles. The van der Waals surface area contributed by atoms with E-state index in [1.807, 2.05) is 59.8 Å². The minimum Gasteiger partial charge on any atom is -0.748 e. The number of carbonyl (C=O) groups excluding carboxylic acids is 2. The van der Waals surface area contributed by atoms with Crippen molar-refractivity contribution >= 4 is 85.3 Å². The first kappa shape index (κ1) is 62.2. The zero-order valence-electron chi connectivity index (χ0n) is 48.7. The number of H-pyrrole nitrogens is 1. The first-order valence-corrected chi connectivity index (χ1v) is 33.1. The van der Waals surface area contributed by atoms with Crippen molar-refractivity contribution in [2.75, 3.05) is 73.8 Å². The largest absolute Gasteiger partial charge is 0.748 e. The van der Waals surface area contributed by atoms with E-state index in [4.69, 9.17) is 24.3 Å². The number of amides is 2. The number of aromatic nitrogens is 4. The number of nitrogens with one attached hydrogen (secondary N) is 3. The number of anilines is 3. The van der Waals surface area contributed by atoms with Gasteiger partial charge in [-0.15, -0.1) is 0 Å². The van der Waals surface area contributed by atoms with Crippen LogP contribution in [0.4, 0.5) is 17.6 Å². The molecule has 2 aromatic heterocycles. The number of nitrogens with zero attached hydrogens (tertiary/aromatic N) is 6. The number of ether oxygens (including phenoxy) is 2. The minimum atomic E-state index is -4.76. The summed E-state index contributed by atoms with van der Waals surface area (Å²) in [4.78, 5) is 65.3. The molecule has 29 heteroatoms. The SMILES string of the molecule is CCN1c2cc3c(cc2C(CS(=O)(=O)[O-])=CC1(C)C)C(c1ccccc1C(=O)N(C)CCCC(=O)NCCCCCCNc1nc2c(=O)[nH]c(N)nc2n1[C@@H]1O[C@@H]2COP(=O)(O)O[C@H]2[C@H]1O)=c1cc2c(cc1O3)=[N+](CC)C(C)(C)C=C2CS(=O)(=O)O. The van der Waals surface area contributed by atoms with Crippen LogP contribution in [0.2, 0.25) is 0 Å². The minimum absolute atomic E-state index is 0.0118. The summed E-state index contributed by atoms with van der Waals surface area (Å²) in [5.74, 6) is -1.28. The van der Waals surface area contributed by atoms with Gasteiger partial charge in [0.15, 0.2) is 22.9 Å². The van der Waals surface area contributed by atoms with Crippen LogP contribution < -0.4 is 46.7 Å². The number of carbonyl (C=O) groups is 2. The molecule has 3 aromatic carbocycles. The van der Waals surface area contributed by atoms with Crippen LogP contribution >= 0.6 is 7.82 Å². The van der Waals surface area contributed by atoms with Gasteiger partial charge in [0.05, 0.1) is 39.6 Å². The Morgan fingerprint density at radius 2 is 1.66 bits per heavy atom. The normalized spacial score (nSPS) is 22.0. The number of aromatic amines is 1. The summed E-state index contributed by atoms with van der Waals surface area (Å²) in [6.45, 7) is 13.4. The molecule has 8 N–H and O–H groups in total. The molecule has 2 amide bonds. The van der Waals surface area contributed by atoms with Crippen molar-refractivity contribution in [1.29, 1.82) is 0 Å². The molecule has 0 spiro atoms. The van der Waals surface area contributed by atoms with Gasteiger partial charge in [0.25, 0.3) is 21.6 Å². The monoisotopic (exact) mass is 1250 g/mol. The third kappa shape index (κ3) is 12.6. The number of rotatable bonds is 21. The van der Waals surface area contributed by atoms with Gasteiger partial charge in [0.2, 0.25) is 23.2 Å². The van der Waals surface area contributed by atoms with E-state index in [0.29, 0.717) is 118 Å². The van der Waals surface area contributed by atoms with E-state index in [2.05, 4.69) is 35.1 Å². The average Bonchev–Trinajstić information content (AvgIpc) is 0.831. The highest BCUT2D eigenvalue weighted by Gasteiger charge is 2.53. The number of likely N-dealkylation sites (N-methyl/N-ethyl adjacent to an activating group) is 2. The molecule has 2 fully saturated rings. The summed E-state index contributed by atoms with van der Waals surface area (Å²) in [5, 5.41) is 18.5. The Hall–Kier alpha value is -6.85. The van der Waals surface area contributed by atoms with E-state index in [0.717, 1.165) is 12.8 Å². The van der Waals surface area contributed by atoms with Crippen LogP contribution in [0.25, 0.3) is 27.9 Å². The number of hydrogen-bond acceptors (Lipinski definition) is 19. The van der Waals surface area contributed by atoms with Crippen LogP contribution in [0, 0.1) is 0 Å². The van der Waals surface area contributed by atoms with Gasteiger partial charge in [0.1, 0.15) is 42.1 Å². The van der Waals surface area contributed by atoms with Gasteiger partial charge in [-0.25, -0.2) is 22.5 Å². The van der Waals surface area contributed by atoms with Gasteiger partial charge in [-0.1, -0.05) is 37.1 Å². The summed E-state index contributed by atoms with van der Waals surface area (Å²) < 4.78 is 111. The van der Waals surface area contributed by atoms with E-state index in [9.17, 15) is 54.9 Å². The van der Waals surface area contributed by atoms with Gasteiger partial charge >= 0.3 is 7.82 Å². The Bertz CT molecular complexity index is 4130. The van der Waals surface area contributed by atoms with E-state index in [1.165, 1.54) is 9.47 Å². The second kappa shape index (κ2) is 23.7. The molecule has 0 saturated carbocycles. The molecule has 5 aliphatic heterocycles. The number of fused-ring (bicyclic) bond motifs is 6.